The van der Waals surface area contributed by atoms with Crippen molar-refractivity contribution in [1.29, 1.82) is 5.26 Å². The molecule has 0 radical (unpaired) electrons. The molecule has 0 spiro atoms. The summed E-state index contributed by atoms with van der Waals surface area (Å²) in [6.45, 7) is 12.2. The fraction of sp³-hybridized carbons (Fsp3) is 0.966. The van der Waals surface area contributed by atoms with Gasteiger partial charge in [0.1, 0.15) is 0 Å². The van der Waals surface area contributed by atoms with Gasteiger partial charge < -0.3 is 9.84 Å². The molecule has 0 aromatic carbocycles. The van der Waals surface area contributed by atoms with Crippen LogP contribution in [0.3, 0.4) is 0 Å². The van der Waals surface area contributed by atoms with Crippen molar-refractivity contribution in [2.24, 2.45) is 52.3 Å². The average Bonchev–Trinajstić information content (AvgIpc) is 3.10. The number of fused-ring (bicyclic) bond motifs is 5. The molecule has 1 N–H and O–H groups in total. The molecule has 182 valence electrons. The zero-order valence-electron chi connectivity index (χ0n) is 21.7. The quantitative estimate of drug-likeness (QED) is 0.481. The molecular weight excluding hydrogens is 394 g/mol. The average molecular weight is 444 g/mol. The Balaban J connectivity index is 1.56. The van der Waals surface area contributed by atoms with Crippen LogP contribution in [0.1, 0.15) is 105 Å². The first kappa shape index (κ1) is 24.5. The van der Waals surface area contributed by atoms with Crippen molar-refractivity contribution in [2.75, 3.05) is 7.11 Å². The van der Waals surface area contributed by atoms with Crippen LogP contribution in [0.25, 0.3) is 0 Å². The molecule has 4 rings (SSSR count). The van der Waals surface area contributed by atoms with Crippen LogP contribution < -0.4 is 0 Å². The molecule has 0 amide bonds. The Bertz CT molecular complexity index is 714. The van der Waals surface area contributed by atoms with Crippen LogP contribution in [0.5, 0.6) is 0 Å². The topological polar surface area (TPSA) is 53.2 Å². The van der Waals surface area contributed by atoms with Gasteiger partial charge in [0.2, 0.25) is 0 Å². The van der Waals surface area contributed by atoms with Crippen LogP contribution in [0.15, 0.2) is 0 Å². The molecule has 0 aromatic rings. The van der Waals surface area contributed by atoms with E-state index in [9.17, 15) is 10.4 Å². The predicted molar refractivity (Wildman–Crippen MR) is 130 cm³/mol. The first-order valence-corrected chi connectivity index (χ1v) is 13.8. The lowest BCUT2D eigenvalue weighted by molar-refractivity contribution is -0.239. The van der Waals surface area contributed by atoms with Gasteiger partial charge in [0.15, 0.2) is 0 Å². The van der Waals surface area contributed by atoms with Crippen molar-refractivity contribution >= 4 is 0 Å². The van der Waals surface area contributed by atoms with E-state index in [4.69, 9.17) is 4.74 Å². The summed E-state index contributed by atoms with van der Waals surface area (Å²) in [5.41, 5.74) is -0.612. The fourth-order valence-electron chi connectivity index (χ4n) is 9.67. The van der Waals surface area contributed by atoms with E-state index in [1.54, 1.807) is 7.11 Å². The number of rotatable bonds is 6. The van der Waals surface area contributed by atoms with Gasteiger partial charge in [-0.2, -0.15) is 5.26 Å². The summed E-state index contributed by atoms with van der Waals surface area (Å²) in [5.74, 6) is 4.09. The minimum absolute atomic E-state index is 0.0943. The Morgan fingerprint density at radius 3 is 2.44 bits per heavy atom. The SMILES string of the molecule is CO[C@H]1CC[C@]2(C)[C@@H]3CC[C@@]4(C)[C@H](CC[C@H]4[C@@H](C)CCCC(C)C)[C@H]3C[C@H](C#N)[C@@]2(O)C1. The highest BCUT2D eigenvalue weighted by Crippen LogP contribution is 2.70. The first-order valence-electron chi connectivity index (χ1n) is 13.8. The van der Waals surface area contributed by atoms with Gasteiger partial charge in [-0.3, -0.25) is 0 Å². The summed E-state index contributed by atoms with van der Waals surface area (Å²) in [6.07, 6.45) is 13.0. The summed E-state index contributed by atoms with van der Waals surface area (Å²) in [4.78, 5) is 0. The highest BCUT2D eigenvalue weighted by atomic mass is 16.5. The van der Waals surface area contributed by atoms with E-state index in [0.29, 0.717) is 23.7 Å². The molecule has 4 aliphatic carbocycles. The maximum atomic E-state index is 12.0. The fourth-order valence-corrected chi connectivity index (χ4v) is 9.67. The van der Waals surface area contributed by atoms with Gasteiger partial charge in [-0.1, -0.05) is 53.9 Å². The third-order valence-electron chi connectivity index (χ3n) is 11.5. The van der Waals surface area contributed by atoms with E-state index in [-0.39, 0.29) is 17.4 Å². The highest BCUT2D eigenvalue weighted by Gasteiger charge is 2.67. The van der Waals surface area contributed by atoms with Crippen molar-refractivity contribution in [3.05, 3.63) is 0 Å². The summed E-state index contributed by atoms with van der Waals surface area (Å²) < 4.78 is 5.68. The van der Waals surface area contributed by atoms with Crippen molar-refractivity contribution in [3.63, 3.8) is 0 Å². The monoisotopic (exact) mass is 443 g/mol. The molecule has 4 fully saturated rings. The third kappa shape index (κ3) is 3.67. The van der Waals surface area contributed by atoms with Crippen LogP contribution in [0.2, 0.25) is 0 Å². The Labute approximate surface area is 197 Å². The number of nitrogens with zero attached hydrogens (tertiary/aromatic N) is 1. The molecule has 3 nitrogen and oxygen atoms in total. The molecule has 0 unspecified atom stereocenters. The summed E-state index contributed by atoms with van der Waals surface area (Å²) >= 11 is 0. The molecule has 3 heteroatoms. The van der Waals surface area contributed by atoms with Crippen LogP contribution in [0, 0.1) is 63.6 Å². The molecule has 0 saturated heterocycles. The number of nitriles is 1. The lowest BCUT2D eigenvalue weighted by Crippen LogP contribution is -2.66. The second-order valence-electron chi connectivity index (χ2n) is 13.3. The lowest BCUT2D eigenvalue weighted by Gasteiger charge is -2.65. The zero-order valence-corrected chi connectivity index (χ0v) is 21.7. The normalized spacial score (nSPS) is 49.1. The molecular formula is C29H49NO2. The highest BCUT2D eigenvalue weighted by molar-refractivity contribution is 5.20. The van der Waals surface area contributed by atoms with E-state index in [1.807, 2.05) is 0 Å². The van der Waals surface area contributed by atoms with E-state index >= 15 is 0 Å². The summed E-state index contributed by atoms with van der Waals surface area (Å²) in [5, 5.41) is 22.2. The summed E-state index contributed by atoms with van der Waals surface area (Å²) in [6, 6.07) is 2.61. The number of aliphatic hydroxyl groups is 1. The second-order valence-corrected chi connectivity index (χ2v) is 13.3. The Kier molecular flexibility index (Phi) is 6.81. The van der Waals surface area contributed by atoms with E-state index in [0.717, 1.165) is 42.9 Å². The largest absolute Gasteiger partial charge is 0.388 e. The number of hydrogen-bond acceptors (Lipinski definition) is 3. The van der Waals surface area contributed by atoms with Crippen LogP contribution in [-0.4, -0.2) is 23.9 Å². The minimum Gasteiger partial charge on any atom is -0.388 e. The smallest absolute Gasteiger partial charge is 0.0885 e. The number of hydrogen-bond donors (Lipinski definition) is 1. The molecule has 32 heavy (non-hydrogen) atoms. The third-order valence-corrected chi connectivity index (χ3v) is 11.5. The maximum absolute atomic E-state index is 12.0. The molecule has 0 bridgehead atoms. The van der Waals surface area contributed by atoms with E-state index in [2.05, 4.69) is 40.7 Å². The van der Waals surface area contributed by atoms with Gasteiger partial charge in [0.25, 0.3) is 0 Å². The van der Waals surface area contributed by atoms with E-state index in [1.165, 1.54) is 44.9 Å². The Morgan fingerprint density at radius 1 is 1.03 bits per heavy atom. The van der Waals surface area contributed by atoms with Crippen LogP contribution in [-0.2, 0) is 4.74 Å². The van der Waals surface area contributed by atoms with Crippen LogP contribution >= 0.6 is 0 Å². The van der Waals surface area contributed by atoms with Crippen molar-refractivity contribution in [3.8, 4) is 6.07 Å². The standard InChI is InChI=1S/C29H49NO2/c1-19(2)8-7-9-20(3)24-10-11-25-23-16-21(18-30)29(31)17-22(32-6)12-15-28(29,5)26(23)13-14-27(24,25)4/h19-26,31H,7-17H2,1-6H3/t20-,21+,22-,23+,24-,25+,26+,27+,28+,29-/m0/s1. The van der Waals surface area contributed by atoms with Gasteiger partial charge in [-0.15, -0.1) is 0 Å². The van der Waals surface area contributed by atoms with Gasteiger partial charge >= 0.3 is 0 Å². The Hall–Kier alpha value is -0.590. The molecule has 10 atom stereocenters. The molecule has 4 aliphatic rings. The number of ether oxygens (including phenoxy) is 1. The maximum Gasteiger partial charge on any atom is 0.0885 e. The van der Waals surface area contributed by atoms with E-state index < -0.39 is 5.60 Å². The second kappa shape index (κ2) is 8.88. The first-order chi connectivity index (χ1) is 15.1. The van der Waals surface area contributed by atoms with Gasteiger partial charge in [0.05, 0.1) is 23.7 Å². The molecule has 4 saturated carbocycles. The van der Waals surface area contributed by atoms with Crippen molar-refractivity contribution in [2.45, 2.75) is 117 Å². The minimum atomic E-state index is -0.891. The van der Waals surface area contributed by atoms with Crippen molar-refractivity contribution < 1.29 is 9.84 Å². The summed E-state index contributed by atoms with van der Waals surface area (Å²) in [7, 11) is 1.76. The lowest BCUT2D eigenvalue weighted by atomic mass is 9.41. The van der Waals surface area contributed by atoms with Gasteiger partial charge in [0, 0.05) is 18.9 Å². The van der Waals surface area contributed by atoms with Crippen molar-refractivity contribution in [1.82, 2.24) is 0 Å². The number of methoxy groups -OCH3 is 1. The molecule has 0 aliphatic heterocycles. The predicted octanol–water partition coefficient (Wildman–Crippen LogP) is 6.99. The Morgan fingerprint density at radius 2 is 1.78 bits per heavy atom. The van der Waals surface area contributed by atoms with Crippen LogP contribution in [0.4, 0.5) is 0 Å². The molecule has 0 heterocycles. The molecule has 0 aromatic heterocycles. The van der Waals surface area contributed by atoms with Gasteiger partial charge in [-0.05, 0) is 85.9 Å². The zero-order chi connectivity index (χ0) is 23.3. The van der Waals surface area contributed by atoms with Gasteiger partial charge in [-0.25, -0.2) is 0 Å².